The van der Waals surface area contributed by atoms with Crippen LogP contribution in [0.5, 0.6) is 0 Å². The van der Waals surface area contributed by atoms with E-state index in [4.69, 9.17) is 27.9 Å². The molecule has 0 saturated carbocycles. The third-order valence-electron chi connectivity index (χ3n) is 2.61. The van der Waals surface area contributed by atoms with E-state index in [1.807, 2.05) is 6.92 Å². The maximum absolute atomic E-state index is 10.4. The van der Waals surface area contributed by atoms with Crippen LogP contribution in [0, 0.1) is 0 Å². The summed E-state index contributed by atoms with van der Waals surface area (Å²) < 4.78 is 5.20. The van der Waals surface area contributed by atoms with Crippen LogP contribution in [-0.4, -0.2) is 20.7 Å². The second kappa shape index (κ2) is 5.72. The van der Waals surface area contributed by atoms with Gasteiger partial charge in [0, 0.05) is 22.6 Å². The summed E-state index contributed by atoms with van der Waals surface area (Å²) in [6, 6.07) is 0. The van der Waals surface area contributed by atoms with Crippen molar-refractivity contribution in [2.45, 2.75) is 35.9 Å². The SMILES string of the molecule is CC1=C(Cl)C[C@@H](/C(C)=C\Cl)O[C@@]1(O)C(Br)Br. The average Bonchev–Trinajstić information content (AvgIpc) is 2.23. The lowest BCUT2D eigenvalue weighted by molar-refractivity contribution is -0.189. The van der Waals surface area contributed by atoms with Crippen LogP contribution in [0.25, 0.3) is 0 Å². The van der Waals surface area contributed by atoms with Gasteiger partial charge in [0.05, 0.1) is 6.10 Å². The predicted octanol–water partition coefficient (Wildman–Crippen LogP) is 4.24. The number of aliphatic hydroxyl groups is 1. The van der Waals surface area contributed by atoms with E-state index in [9.17, 15) is 5.11 Å². The first kappa shape index (κ1) is 15.0. The summed E-state index contributed by atoms with van der Waals surface area (Å²) >= 11 is 18.3. The fourth-order valence-corrected chi connectivity index (χ4v) is 2.72. The third kappa shape index (κ3) is 2.85. The molecule has 0 bridgehead atoms. The molecule has 0 amide bonds. The minimum absolute atomic E-state index is 0.309. The van der Waals surface area contributed by atoms with Crippen LogP contribution in [0.2, 0.25) is 0 Å². The molecule has 1 heterocycles. The van der Waals surface area contributed by atoms with Gasteiger partial charge >= 0.3 is 0 Å². The molecule has 0 aromatic rings. The van der Waals surface area contributed by atoms with Crippen LogP contribution >= 0.6 is 55.1 Å². The van der Waals surface area contributed by atoms with Gasteiger partial charge in [0.1, 0.15) is 3.74 Å². The van der Waals surface area contributed by atoms with Crippen molar-refractivity contribution in [3.63, 3.8) is 0 Å². The number of rotatable bonds is 2. The van der Waals surface area contributed by atoms with Gasteiger partial charge in [0.25, 0.3) is 0 Å². The summed E-state index contributed by atoms with van der Waals surface area (Å²) in [5.74, 6) is -1.46. The Bertz CT molecular complexity index is 342. The second-order valence-electron chi connectivity index (χ2n) is 3.69. The van der Waals surface area contributed by atoms with Crippen LogP contribution in [0.15, 0.2) is 21.7 Å². The van der Waals surface area contributed by atoms with E-state index in [2.05, 4.69) is 31.9 Å². The Labute approximate surface area is 122 Å². The first-order valence-electron chi connectivity index (χ1n) is 4.63. The van der Waals surface area contributed by atoms with E-state index < -0.39 is 9.52 Å². The molecular formula is C10H12Br2Cl2O2. The number of hydrogen-bond donors (Lipinski definition) is 1. The molecule has 0 spiro atoms. The molecule has 2 nitrogen and oxygen atoms in total. The Morgan fingerprint density at radius 3 is 2.69 bits per heavy atom. The van der Waals surface area contributed by atoms with Crippen molar-refractivity contribution in [2.75, 3.05) is 0 Å². The van der Waals surface area contributed by atoms with Crippen molar-refractivity contribution >= 4 is 55.1 Å². The molecule has 1 rings (SSSR count). The van der Waals surface area contributed by atoms with E-state index >= 15 is 0 Å². The zero-order valence-corrected chi connectivity index (χ0v) is 13.5. The summed E-state index contributed by atoms with van der Waals surface area (Å²) in [5.41, 5.74) is 2.87. The molecule has 0 aliphatic carbocycles. The summed E-state index contributed by atoms with van der Waals surface area (Å²) in [6.07, 6.45) is 0.216. The summed E-state index contributed by atoms with van der Waals surface area (Å²) in [4.78, 5) is 0. The Morgan fingerprint density at radius 1 is 1.69 bits per heavy atom. The molecule has 0 radical (unpaired) electrons. The highest BCUT2D eigenvalue weighted by Gasteiger charge is 2.44. The molecule has 0 saturated heterocycles. The summed E-state index contributed by atoms with van der Waals surface area (Å²) in [6.45, 7) is 3.58. The molecule has 0 fully saturated rings. The lowest BCUT2D eigenvalue weighted by atomic mass is 9.99. The smallest absolute Gasteiger partial charge is 0.213 e. The van der Waals surface area contributed by atoms with Crippen molar-refractivity contribution in [3.05, 3.63) is 21.7 Å². The summed E-state index contributed by atoms with van der Waals surface area (Å²) in [7, 11) is 0. The Balaban J connectivity index is 3.09. The maximum Gasteiger partial charge on any atom is 0.213 e. The molecular weight excluding hydrogens is 383 g/mol. The Morgan fingerprint density at radius 2 is 2.25 bits per heavy atom. The number of halogens is 4. The normalized spacial score (nSPS) is 32.5. The van der Waals surface area contributed by atoms with Crippen molar-refractivity contribution in [3.8, 4) is 0 Å². The van der Waals surface area contributed by atoms with Crippen LogP contribution in [0.3, 0.4) is 0 Å². The maximum atomic E-state index is 10.4. The second-order valence-corrected chi connectivity index (χ2v) is 7.43. The van der Waals surface area contributed by atoms with Gasteiger partial charge in [-0.15, -0.1) is 0 Å². The van der Waals surface area contributed by atoms with Gasteiger partial charge in [-0.1, -0.05) is 55.1 Å². The molecule has 6 heteroatoms. The zero-order chi connectivity index (χ0) is 12.5. The standard InChI is InChI=1S/C10H12Br2Cl2O2/c1-5(4-13)8-3-7(14)6(2)10(15,16-8)9(11)12/h4,8-9,15H,3H2,1-2H3/b5-4-/t8-,10+/m0/s1. The molecule has 92 valence electrons. The molecule has 0 unspecified atom stereocenters. The largest absolute Gasteiger partial charge is 0.360 e. The monoisotopic (exact) mass is 392 g/mol. The Kier molecular flexibility index (Phi) is 5.36. The van der Waals surface area contributed by atoms with Crippen LogP contribution in [-0.2, 0) is 4.74 Å². The van der Waals surface area contributed by atoms with Crippen LogP contribution in [0.1, 0.15) is 20.3 Å². The van der Waals surface area contributed by atoms with E-state index in [1.165, 1.54) is 5.54 Å². The van der Waals surface area contributed by atoms with Crippen LogP contribution in [0.4, 0.5) is 0 Å². The number of ether oxygens (including phenoxy) is 1. The van der Waals surface area contributed by atoms with Gasteiger partial charge in [0.2, 0.25) is 5.79 Å². The molecule has 1 N–H and O–H groups in total. The Hall–Kier alpha value is 0.940. The fraction of sp³-hybridized carbons (Fsp3) is 0.600. The minimum Gasteiger partial charge on any atom is -0.360 e. The third-order valence-corrected chi connectivity index (χ3v) is 4.63. The summed E-state index contributed by atoms with van der Waals surface area (Å²) in [5, 5.41) is 11.0. The molecule has 0 aromatic heterocycles. The lowest BCUT2D eigenvalue weighted by Crippen LogP contribution is -2.46. The lowest BCUT2D eigenvalue weighted by Gasteiger charge is -2.39. The van der Waals surface area contributed by atoms with E-state index in [1.54, 1.807) is 6.92 Å². The zero-order valence-electron chi connectivity index (χ0n) is 8.81. The van der Waals surface area contributed by atoms with E-state index in [0.717, 1.165) is 5.57 Å². The van der Waals surface area contributed by atoms with Gasteiger partial charge in [-0.25, -0.2) is 0 Å². The van der Waals surface area contributed by atoms with Gasteiger partial charge < -0.3 is 9.84 Å². The van der Waals surface area contributed by atoms with Crippen LogP contribution < -0.4 is 0 Å². The highest BCUT2D eigenvalue weighted by Crippen LogP contribution is 2.42. The molecule has 1 aliphatic rings. The van der Waals surface area contributed by atoms with Crippen molar-refractivity contribution < 1.29 is 9.84 Å². The van der Waals surface area contributed by atoms with Crippen molar-refractivity contribution in [1.29, 1.82) is 0 Å². The van der Waals surface area contributed by atoms with E-state index in [-0.39, 0.29) is 6.10 Å². The highest BCUT2D eigenvalue weighted by atomic mass is 79.9. The topological polar surface area (TPSA) is 29.5 Å². The molecule has 1 aliphatic heterocycles. The van der Waals surface area contributed by atoms with Crippen molar-refractivity contribution in [1.82, 2.24) is 0 Å². The highest BCUT2D eigenvalue weighted by molar-refractivity contribution is 9.24. The van der Waals surface area contributed by atoms with Gasteiger partial charge in [0.15, 0.2) is 0 Å². The quantitative estimate of drug-likeness (QED) is 0.710. The predicted molar refractivity (Wildman–Crippen MR) is 74.2 cm³/mol. The number of alkyl halides is 2. The molecule has 0 aromatic carbocycles. The van der Waals surface area contributed by atoms with Gasteiger partial charge in [-0.3, -0.25) is 0 Å². The number of hydrogen-bond acceptors (Lipinski definition) is 2. The van der Waals surface area contributed by atoms with E-state index in [0.29, 0.717) is 17.0 Å². The molecule has 16 heavy (non-hydrogen) atoms. The molecule has 2 atom stereocenters. The minimum atomic E-state index is -1.46. The van der Waals surface area contributed by atoms with Gasteiger partial charge in [-0.2, -0.15) is 0 Å². The fourth-order valence-electron chi connectivity index (χ4n) is 1.40. The first-order chi connectivity index (χ1) is 7.32. The average molecular weight is 395 g/mol. The first-order valence-corrected chi connectivity index (χ1v) is 7.28. The van der Waals surface area contributed by atoms with Crippen molar-refractivity contribution in [2.24, 2.45) is 0 Å². The van der Waals surface area contributed by atoms with Gasteiger partial charge in [-0.05, 0) is 19.4 Å².